The van der Waals surface area contributed by atoms with Crippen molar-refractivity contribution in [1.29, 1.82) is 0 Å². The molecule has 84 valence electrons. The Hall–Kier alpha value is -1.63. The third-order valence-electron chi connectivity index (χ3n) is 1.58. The van der Waals surface area contributed by atoms with E-state index in [0.29, 0.717) is 0 Å². The van der Waals surface area contributed by atoms with Crippen LogP contribution in [0.15, 0.2) is 6.33 Å². The molecule has 0 atom stereocenters. The van der Waals surface area contributed by atoms with Crippen molar-refractivity contribution in [2.75, 3.05) is 12.3 Å². The van der Waals surface area contributed by atoms with E-state index in [9.17, 15) is 9.90 Å². The van der Waals surface area contributed by atoms with Crippen LogP contribution >= 0.6 is 0 Å². The molecule has 0 fully saturated rings. The van der Waals surface area contributed by atoms with E-state index in [4.69, 9.17) is 5.73 Å². The maximum Gasteiger partial charge on any atom is 0.241 e. The zero-order chi connectivity index (χ0) is 11.5. The third kappa shape index (κ3) is 4.41. The summed E-state index contributed by atoms with van der Waals surface area (Å²) in [6.45, 7) is 3.46. The van der Waals surface area contributed by atoms with Crippen LogP contribution in [0.5, 0.6) is 0 Å². The molecule has 1 aromatic heterocycles. The molecule has 0 aliphatic carbocycles. The predicted molar refractivity (Wildman–Crippen MR) is 53.7 cm³/mol. The van der Waals surface area contributed by atoms with Crippen molar-refractivity contribution in [3.05, 3.63) is 6.33 Å². The van der Waals surface area contributed by atoms with Gasteiger partial charge in [-0.2, -0.15) is 0 Å². The Morgan fingerprint density at radius 3 is 2.87 bits per heavy atom. The van der Waals surface area contributed by atoms with Gasteiger partial charge < -0.3 is 16.2 Å². The first-order chi connectivity index (χ1) is 6.87. The lowest BCUT2D eigenvalue weighted by Crippen LogP contribution is -2.39. The fourth-order valence-corrected chi connectivity index (χ4v) is 0.903. The Bertz CT molecular complexity index is 341. The number of hydrogen-bond acceptors (Lipinski definition) is 5. The van der Waals surface area contributed by atoms with Gasteiger partial charge in [0, 0.05) is 6.54 Å². The number of rotatable bonds is 4. The van der Waals surface area contributed by atoms with Gasteiger partial charge in [0.2, 0.25) is 11.9 Å². The molecule has 0 aliphatic heterocycles. The lowest BCUT2D eigenvalue weighted by Gasteiger charge is -2.17. The van der Waals surface area contributed by atoms with Crippen LogP contribution in [0.1, 0.15) is 13.8 Å². The average molecular weight is 213 g/mol. The average Bonchev–Trinajstić information content (AvgIpc) is 2.47. The van der Waals surface area contributed by atoms with E-state index in [0.717, 1.165) is 0 Å². The first kappa shape index (κ1) is 11.4. The van der Waals surface area contributed by atoms with Crippen LogP contribution in [0.3, 0.4) is 0 Å². The quantitative estimate of drug-likeness (QED) is 0.579. The second-order valence-corrected chi connectivity index (χ2v) is 3.89. The minimum Gasteiger partial charge on any atom is -0.389 e. The van der Waals surface area contributed by atoms with Crippen molar-refractivity contribution in [3.8, 4) is 0 Å². The van der Waals surface area contributed by atoms with Gasteiger partial charge in [-0.15, -0.1) is 5.10 Å². The summed E-state index contributed by atoms with van der Waals surface area (Å²) >= 11 is 0. The highest BCUT2D eigenvalue weighted by Crippen LogP contribution is 1.97. The van der Waals surface area contributed by atoms with Gasteiger partial charge in [-0.3, -0.25) is 4.79 Å². The highest BCUT2D eigenvalue weighted by atomic mass is 16.3. The lowest BCUT2D eigenvalue weighted by atomic mass is 10.1. The highest BCUT2D eigenvalue weighted by molar-refractivity contribution is 5.75. The standard InChI is InChI=1S/C8H15N5O2/c1-8(2,15)4-10-6(14)3-13-5-11-7(9)12-13/h5,15H,3-4H2,1-2H3,(H2,9,12)(H,10,14). The smallest absolute Gasteiger partial charge is 0.241 e. The zero-order valence-electron chi connectivity index (χ0n) is 8.77. The molecule has 15 heavy (non-hydrogen) atoms. The number of nitrogens with one attached hydrogen (secondary N) is 1. The van der Waals surface area contributed by atoms with Crippen LogP contribution in [0, 0.1) is 0 Å². The number of aromatic nitrogens is 3. The fourth-order valence-electron chi connectivity index (χ4n) is 0.903. The second kappa shape index (κ2) is 4.26. The summed E-state index contributed by atoms with van der Waals surface area (Å²) in [4.78, 5) is 15.0. The predicted octanol–water partition coefficient (Wildman–Crippen LogP) is -1.25. The summed E-state index contributed by atoms with van der Waals surface area (Å²) in [6, 6.07) is 0. The molecule has 7 nitrogen and oxygen atoms in total. The molecule has 0 unspecified atom stereocenters. The second-order valence-electron chi connectivity index (χ2n) is 3.89. The summed E-state index contributed by atoms with van der Waals surface area (Å²) < 4.78 is 1.33. The summed E-state index contributed by atoms with van der Waals surface area (Å²) in [5.74, 6) is -0.118. The van der Waals surface area contributed by atoms with Crippen LogP contribution in [0.4, 0.5) is 5.95 Å². The molecule has 0 saturated carbocycles. The van der Waals surface area contributed by atoms with E-state index >= 15 is 0 Å². The number of nitrogens with two attached hydrogens (primary N) is 1. The minimum absolute atomic E-state index is 0.0419. The number of aliphatic hydroxyl groups is 1. The molecule has 4 N–H and O–H groups in total. The van der Waals surface area contributed by atoms with E-state index in [1.54, 1.807) is 13.8 Å². The number of anilines is 1. The molecule has 0 aliphatic rings. The van der Waals surface area contributed by atoms with Crippen LogP contribution in [-0.4, -0.2) is 37.9 Å². The Morgan fingerprint density at radius 2 is 2.40 bits per heavy atom. The first-order valence-corrected chi connectivity index (χ1v) is 4.51. The number of hydrogen-bond donors (Lipinski definition) is 3. The molecule has 1 rings (SSSR count). The molecular weight excluding hydrogens is 198 g/mol. The molecule has 1 amide bonds. The van der Waals surface area contributed by atoms with Crippen molar-refractivity contribution in [1.82, 2.24) is 20.1 Å². The van der Waals surface area contributed by atoms with Crippen LogP contribution in [0.2, 0.25) is 0 Å². The van der Waals surface area contributed by atoms with Gasteiger partial charge in [-0.05, 0) is 13.8 Å². The lowest BCUT2D eigenvalue weighted by molar-refractivity contribution is -0.122. The third-order valence-corrected chi connectivity index (χ3v) is 1.58. The summed E-state index contributed by atoms with van der Waals surface area (Å²) in [5, 5.41) is 15.7. The minimum atomic E-state index is -0.920. The van der Waals surface area contributed by atoms with E-state index in [1.807, 2.05) is 0 Å². The van der Waals surface area contributed by atoms with E-state index in [-0.39, 0.29) is 24.9 Å². The number of nitrogen functional groups attached to an aromatic ring is 1. The van der Waals surface area contributed by atoms with E-state index in [1.165, 1.54) is 11.0 Å². The normalized spacial score (nSPS) is 11.4. The topological polar surface area (TPSA) is 106 Å². The van der Waals surface area contributed by atoms with Crippen LogP contribution in [0.25, 0.3) is 0 Å². The highest BCUT2D eigenvalue weighted by Gasteiger charge is 2.14. The summed E-state index contributed by atoms with van der Waals surface area (Å²) in [5.41, 5.74) is 4.36. The van der Waals surface area contributed by atoms with Crippen LogP contribution in [-0.2, 0) is 11.3 Å². The molecule has 1 heterocycles. The maximum absolute atomic E-state index is 11.3. The molecule has 0 saturated heterocycles. The molecule has 0 spiro atoms. The summed E-state index contributed by atoms with van der Waals surface area (Å²) in [6.07, 6.45) is 1.37. The first-order valence-electron chi connectivity index (χ1n) is 4.51. The Balaban J connectivity index is 2.37. The van der Waals surface area contributed by atoms with Crippen molar-refractivity contribution < 1.29 is 9.90 Å². The van der Waals surface area contributed by atoms with Crippen molar-refractivity contribution in [2.45, 2.75) is 26.0 Å². The van der Waals surface area contributed by atoms with Gasteiger partial charge in [-0.1, -0.05) is 0 Å². The molecular formula is C8H15N5O2. The molecule has 0 aromatic carbocycles. The van der Waals surface area contributed by atoms with Gasteiger partial charge in [0.25, 0.3) is 0 Å². The van der Waals surface area contributed by atoms with Crippen molar-refractivity contribution >= 4 is 11.9 Å². The van der Waals surface area contributed by atoms with E-state index in [2.05, 4.69) is 15.4 Å². The molecule has 0 bridgehead atoms. The Kier molecular flexibility index (Phi) is 3.25. The largest absolute Gasteiger partial charge is 0.389 e. The fraction of sp³-hybridized carbons (Fsp3) is 0.625. The van der Waals surface area contributed by atoms with E-state index < -0.39 is 5.60 Å². The molecule has 0 radical (unpaired) electrons. The maximum atomic E-state index is 11.3. The van der Waals surface area contributed by atoms with Crippen LogP contribution < -0.4 is 11.1 Å². The Morgan fingerprint density at radius 1 is 1.73 bits per heavy atom. The molecule has 1 aromatic rings. The zero-order valence-corrected chi connectivity index (χ0v) is 8.77. The monoisotopic (exact) mass is 213 g/mol. The number of nitrogens with zero attached hydrogens (tertiary/aromatic N) is 3. The van der Waals surface area contributed by atoms with Gasteiger partial charge in [0.15, 0.2) is 0 Å². The van der Waals surface area contributed by atoms with Gasteiger partial charge >= 0.3 is 0 Å². The number of carbonyl (C=O) groups excluding carboxylic acids is 1. The van der Waals surface area contributed by atoms with Gasteiger partial charge in [0.05, 0.1) is 5.60 Å². The van der Waals surface area contributed by atoms with Crippen molar-refractivity contribution in [3.63, 3.8) is 0 Å². The van der Waals surface area contributed by atoms with Crippen molar-refractivity contribution in [2.24, 2.45) is 0 Å². The summed E-state index contributed by atoms with van der Waals surface area (Å²) in [7, 11) is 0. The van der Waals surface area contributed by atoms with Gasteiger partial charge in [0.1, 0.15) is 12.9 Å². The van der Waals surface area contributed by atoms with Gasteiger partial charge in [-0.25, -0.2) is 9.67 Å². The number of carbonyl (C=O) groups is 1. The Labute approximate surface area is 87.3 Å². The molecule has 7 heteroatoms. The SMILES string of the molecule is CC(C)(O)CNC(=O)Cn1cnc(N)n1. The number of amides is 1.